The molecule has 14 heavy (non-hydrogen) atoms. The van der Waals surface area contributed by atoms with Gasteiger partial charge in [-0.2, -0.15) is 18.4 Å². The number of nitriles is 1. The Morgan fingerprint density at radius 2 is 1.86 bits per heavy atom. The third-order valence-corrected chi connectivity index (χ3v) is 1.69. The Morgan fingerprint density at radius 1 is 1.43 bits per heavy atom. The van der Waals surface area contributed by atoms with E-state index in [4.69, 9.17) is 5.26 Å². The third kappa shape index (κ3) is 3.24. The van der Waals surface area contributed by atoms with Crippen LogP contribution >= 0.6 is 0 Å². The number of amides is 1. The topological polar surface area (TPSA) is 52.9 Å². The van der Waals surface area contributed by atoms with Crippen LogP contribution in [0.15, 0.2) is 0 Å². The number of rotatable bonds is 2. The summed E-state index contributed by atoms with van der Waals surface area (Å²) >= 11 is 0. The molecular weight excluding hydrogens is 197 g/mol. The van der Waals surface area contributed by atoms with Crippen molar-refractivity contribution >= 4 is 5.91 Å². The highest BCUT2D eigenvalue weighted by Crippen LogP contribution is 2.21. The average Bonchev–Trinajstić information content (AvgIpc) is 2.02. The minimum atomic E-state index is -4.48. The second-order valence-electron chi connectivity index (χ2n) is 3.47. The molecule has 0 fully saturated rings. The highest BCUT2D eigenvalue weighted by Gasteiger charge is 2.39. The Bertz CT molecular complexity index is 265. The fourth-order valence-electron chi connectivity index (χ4n) is 0.510. The standard InChI is InChI=1S/C8H11F3N2O/c1-5(8(9,10)11)13-6(14)7(2,3)4-12/h5H,1-3H3,(H,13,14). The van der Waals surface area contributed by atoms with E-state index in [0.29, 0.717) is 0 Å². The molecule has 0 saturated heterocycles. The molecule has 0 heterocycles. The van der Waals surface area contributed by atoms with E-state index in [0.717, 1.165) is 6.92 Å². The van der Waals surface area contributed by atoms with Crippen LogP contribution in [0.5, 0.6) is 0 Å². The van der Waals surface area contributed by atoms with E-state index in [1.807, 2.05) is 0 Å². The van der Waals surface area contributed by atoms with Crippen LogP contribution in [0.3, 0.4) is 0 Å². The maximum atomic E-state index is 12.0. The van der Waals surface area contributed by atoms with Crippen LogP contribution in [-0.4, -0.2) is 18.1 Å². The lowest BCUT2D eigenvalue weighted by atomic mass is 9.94. The highest BCUT2D eigenvalue weighted by atomic mass is 19.4. The van der Waals surface area contributed by atoms with Gasteiger partial charge in [0.1, 0.15) is 11.5 Å². The normalized spacial score (nSPS) is 14.4. The number of hydrogen-bond acceptors (Lipinski definition) is 2. The van der Waals surface area contributed by atoms with Gasteiger partial charge in [-0.25, -0.2) is 0 Å². The Balaban J connectivity index is 4.44. The molecule has 0 aromatic rings. The summed E-state index contributed by atoms with van der Waals surface area (Å²) in [6.45, 7) is 3.34. The highest BCUT2D eigenvalue weighted by molar-refractivity contribution is 5.84. The molecule has 0 rings (SSSR count). The monoisotopic (exact) mass is 208 g/mol. The predicted molar refractivity (Wildman–Crippen MR) is 43.1 cm³/mol. The van der Waals surface area contributed by atoms with Crippen molar-refractivity contribution in [3.63, 3.8) is 0 Å². The molecule has 1 N–H and O–H groups in total. The quantitative estimate of drug-likeness (QED) is 0.749. The van der Waals surface area contributed by atoms with E-state index in [-0.39, 0.29) is 0 Å². The SMILES string of the molecule is CC(NC(=O)C(C)(C)C#N)C(F)(F)F. The van der Waals surface area contributed by atoms with E-state index in [2.05, 4.69) is 0 Å². The summed E-state index contributed by atoms with van der Waals surface area (Å²) in [6.07, 6.45) is -4.48. The van der Waals surface area contributed by atoms with Gasteiger partial charge < -0.3 is 5.32 Å². The first-order chi connectivity index (χ1) is 6.11. The molecule has 0 aliphatic heterocycles. The number of carbonyl (C=O) groups excluding carboxylic acids is 1. The first-order valence-electron chi connectivity index (χ1n) is 3.90. The summed E-state index contributed by atoms with van der Waals surface area (Å²) in [5.41, 5.74) is -1.44. The van der Waals surface area contributed by atoms with Gasteiger partial charge in [-0.3, -0.25) is 4.79 Å². The molecule has 0 bridgehead atoms. The fourth-order valence-corrected chi connectivity index (χ4v) is 0.510. The van der Waals surface area contributed by atoms with Crippen molar-refractivity contribution in [1.82, 2.24) is 5.32 Å². The molecule has 1 atom stereocenters. The summed E-state index contributed by atoms with van der Waals surface area (Å²) in [6, 6.07) is -0.324. The van der Waals surface area contributed by atoms with Gasteiger partial charge in [-0.05, 0) is 20.8 Å². The van der Waals surface area contributed by atoms with E-state index in [1.54, 1.807) is 11.4 Å². The van der Waals surface area contributed by atoms with Crippen LogP contribution < -0.4 is 5.32 Å². The van der Waals surface area contributed by atoms with Crippen molar-refractivity contribution in [2.45, 2.75) is 33.0 Å². The van der Waals surface area contributed by atoms with Gasteiger partial charge in [0, 0.05) is 0 Å². The summed E-state index contributed by atoms with van der Waals surface area (Å²) in [4.78, 5) is 11.1. The van der Waals surface area contributed by atoms with E-state index >= 15 is 0 Å². The maximum absolute atomic E-state index is 12.0. The molecule has 80 valence electrons. The Hall–Kier alpha value is -1.25. The summed E-state index contributed by atoms with van der Waals surface area (Å²) in [5, 5.41) is 10.2. The lowest BCUT2D eigenvalue weighted by Gasteiger charge is -2.21. The van der Waals surface area contributed by atoms with Gasteiger partial charge in [0.05, 0.1) is 6.07 Å². The first kappa shape index (κ1) is 12.8. The zero-order valence-electron chi connectivity index (χ0n) is 8.07. The van der Waals surface area contributed by atoms with E-state index in [1.165, 1.54) is 13.8 Å². The lowest BCUT2D eigenvalue weighted by Crippen LogP contribution is -2.47. The summed E-state index contributed by atoms with van der Waals surface area (Å²) in [5.74, 6) is -0.926. The molecule has 1 unspecified atom stereocenters. The van der Waals surface area contributed by atoms with E-state index < -0.39 is 23.5 Å². The molecule has 0 aromatic heterocycles. The van der Waals surface area contributed by atoms with Crippen LogP contribution in [0.2, 0.25) is 0 Å². The van der Waals surface area contributed by atoms with Gasteiger partial charge in [0.15, 0.2) is 0 Å². The Morgan fingerprint density at radius 3 is 2.14 bits per heavy atom. The maximum Gasteiger partial charge on any atom is 0.408 e. The van der Waals surface area contributed by atoms with Gasteiger partial charge in [-0.1, -0.05) is 0 Å². The molecule has 0 aliphatic rings. The number of nitrogens with one attached hydrogen (secondary N) is 1. The number of halogens is 3. The fraction of sp³-hybridized carbons (Fsp3) is 0.750. The largest absolute Gasteiger partial charge is 0.408 e. The molecule has 6 heteroatoms. The summed E-state index contributed by atoms with van der Waals surface area (Å²) in [7, 11) is 0. The van der Waals surface area contributed by atoms with Crippen molar-refractivity contribution in [2.24, 2.45) is 5.41 Å². The average molecular weight is 208 g/mol. The number of hydrogen-bond donors (Lipinski definition) is 1. The zero-order valence-corrected chi connectivity index (χ0v) is 8.07. The second kappa shape index (κ2) is 3.86. The Labute approximate surface area is 79.9 Å². The smallest absolute Gasteiger partial charge is 0.343 e. The Kier molecular flexibility index (Phi) is 3.52. The third-order valence-electron chi connectivity index (χ3n) is 1.69. The van der Waals surface area contributed by atoms with E-state index in [9.17, 15) is 18.0 Å². The van der Waals surface area contributed by atoms with Crippen molar-refractivity contribution in [3.05, 3.63) is 0 Å². The number of alkyl halides is 3. The van der Waals surface area contributed by atoms with Crippen molar-refractivity contribution < 1.29 is 18.0 Å². The number of carbonyl (C=O) groups is 1. The lowest BCUT2D eigenvalue weighted by molar-refractivity contribution is -0.160. The van der Waals surface area contributed by atoms with Crippen LogP contribution in [0.1, 0.15) is 20.8 Å². The van der Waals surface area contributed by atoms with Crippen LogP contribution in [0.4, 0.5) is 13.2 Å². The number of nitrogens with zero attached hydrogens (tertiary/aromatic N) is 1. The van der Waals surface area contributed by atoms with Gasteiger partial charge in [0.2, 0.25) is 5.91 Å². The zero-order chi connectivity index (χ0) is 11.6. The molecule has 3 nitrogen and oxygen atoms in total. The summed E-state index contributed by atoms with van der Waals surface area (Å²) < 4.78 is 36.0. The van der Waals surface area contributed by atoms with Crippen molar-refractivity contribution in [2.75, 3.05) is 0 Å². The molecule has 0 radical (unpaired) electrons. The second-order valence-corrected chi connectivity index (χ2v) is 3.47. The van der Waals surface area contributed by atoms with Crippen molar-refractivity contribution in [1.29, 1.82) is 5.26 Å². The first-order valence-corrected chi connectivity index (χ1v) is 3.90. The molecule has 0 aliphatic carbocycles. The predicted octanol–water partition coefficient (Wildman–Crippen LogP) is 1.60. The van der Waals surface area contributed by atoms with Gasteiger partial charge in [-0.15, -0.1) is 0 Å². The molecule has 0 saturated carbocycles. The van der Waals surface area contributed by atoms with Gasteiger partial charge >= 0.3 is 6.18 Å². The van der Waals surface area contributed by atoms with Crippen LogP contribution in [-0.2, 0) is 4.79 Å². The van der Waals surface area contributed by atoms with Crippen LogP contribution in [0.25, 0.3) is 0 Å². The van der Waals surface area contributed by atoms with Crippen LogP contribution in [0, 0.1) is 16.7 Å². The van der Waals surface area contributed by atoms with Crippen molar-refractivity contribution in [3.8, 4) is 6.07 Å². The molecular formula is C8H11F3N2O. The molecule has 1 amide bonds. The minimum absolute atomic E-state index is 0.825. The minimum Gasteiger partial charge on any atom is -0.343 e. The molecule has 0 aromatic carbocycles. The molecule has 0 spiro atoms. The van der Waals surface area contributed by atoms with Gasteiger partial charge in [0.25, 0.3) is 0 Å².